The number of aliphatic carboxylic acids is 1. The number of amides is 1. The summed E-state index contributed by atoms with van der Waals surface area (Å²) in [6.07, 6.45) is 0.127. The highest BCUT2D eigenvalue weighted by atomic mass is 19.2. The molecule has 5 nitrogen and oxygen atoms in total. The minimum absolute atomic E-state index is 0.108. The number of carboxylic acids is 1. The van der Waals surface area contributed by atoms with Gasteiger partial charge >= 0.3 is 5.97 Å². The van der Waals surface area contributed by atoms with Crippen LogP contribution in [0.1, 0.15) is 23.2 Å². The number of carbonyl (C=O) groups is 2. The third kappa shape index (κ3) is 4.11. The number of nitrogens with one attached hydrogen (secondary N) is 1. The van der Waals surface area contributed by atoms with Gasteiger partial charge in [-0.3, -0.25) is 9.59 Å². The molecule has 1 fully saturated rings. The van der Waals surface area contributed by atoms with Gasteiger partial charge in [0.15, 0.2) is 17.5 Å². The van der Waals surface area contributed by atoms with Crippen molar-refractivity contribution >= 4 is 11.9 Å². The first kappa shape index (κ1) is 18.9. The van der Waals surface area contributed by atoms with Crippen molar-refractivity contribution in [2.24, 2.45) is 0 Å². The summed E-state index contributed by atoms with van der Waals surface area (Å²) < 4.78 is 45.0. The topological polar surface area (TPSA) is 75.6 Å². The van der Waals surface area contributed by atoms with Crippen LogP contribution in [0.25, 0.3) is 11.1 Å². The normalized spacial score (nSPS) is 19.1. The smallest absolute Gasteiger partial charge is 0.305 e. The van der Waals surface area contributed by atoms with Gasteiger partial charge in [0.1, 0.15) is 0 Å². The number of benzene rings is 2. The lowest BCUT2D eigenvalue weighted by Crippen LogP contribution is -2.50. The van der Waals surface area contributed by atoms with Crippen LogP contribution < -0.4 is 5.32 Å². The first-order valence-electron chi connectivity index (χ1n) is 8.17. The number of carbonyl (C=O) groups excluding carboxylic acids is 1. The van der Waals surface area contributed by atoms with E-state index in [1.54, 1.807) is 0 Å². The Labute approximate surface area is 152 Å². The van der Waals surface area contributed by atoms with Crippen LogP contribution in [0.3, 0.4) is 0 Å². The zero-order valence-corrected chi connectivity index (χ0v) is 14.1. The predicted octanol–water partition coefficient (Wildman–Crippen LogP) is 3.13. The summed E-state index contributed by atoms with van der Waals surface area (Å²) in [7, 11) is 0. The molecule has 2 N–H and O–H groups in total. The highest BCUT2D eigenvalue weighted by molar-refractivity contribution is 5.95. The average Bonchev–Trinajstić information content (AvgIpc) is 3.06. The summed E-state index contributed by atoms with van der Waals surface area (Å²) in [6, 6.07) is 7.55. The van der Waals surface area contributed by atoms with E-state index >= 15 is 0 Å². The summed E-state index contributed by atoms with van der Waals surface area (Å²) >= 11 is 0. The molecule has 27 heavy (non-hydrogen) atoms. The quantitative estimate of drug-likeness (QED) is 0.783. The molecule has 1 saturated heterocycles. The van der Waals surface area contributed by atoms with Crippen molar-refractivity contribution in [2.75, 3.05) is 13.2 Å². The van der Waals surface area contributed by atoms with Crippen LogP contribution in [0.4, 0.5) is 13.2 Å². The first-order chi connectivity index (χ1) is 12.8. The van der Waals surface area contributed by atoms with Gasteiger partial charge in [-0.1, -0.05) is 12.1 Å². The van der Waals surface area contributed by atoms with Crippen LogP contribution in [-0.4, -0.2) is 35.7 Å². The van der Waals surface area contributed by atoms with Crippen molar-refractivity contribution in [3.8, 4) is 11.1 Å². The molecule has 142 valence electrons. The van der Waals surface area contributed by atoms with Gasteiger partial charge in [0.25, 0.3) is 5.91 Å². The van der Waals surface area contributed by atoms with Crippen molar-refractivity contribution < 1.29 is 32.6 Å². The van der Waals surface area contributed by atoms with Crippen molar-refractivity contribution in [3.05, 3.63) is 59.4 Å². The average molecular weight is 379 g/mol. The number of ether oxygens (including phenoxy) is 1. The number of rotatable bonds is 5. The minimum atomic E-state index is -1.54. The fourth-order valence-electron chi connectivity index (χ4n) is 3.03. The number of hydrogen-bond acceptors (Lipinski definition) is 3. The van der Waals surface area contributed by atoms with Gasteiger partial charge in [0, 0.05) is 12.2 Å². The van der Waals surface area contributed by atoms with Gasteiger partial charge < -0.3 is 15.2 Å². The fraction of sp³-hybridized carbons (Fsp3) is 0.263. The molecule has 0 aromatic heterocycles. The molecule has 0 spiro atoms. The van der Waals surface area contributed by atoms with Crippen LogP contribution >= 0.6 is 0 Å². The predicted molar refractivity (Wildman–Crippen MR) is 89.6 cm³/mol. The van der Waals surface area contributed by atoms with Crippen LogP contribution in [-0.2, 0) is 9.53 Å². The summed E-state index contributed by atoms with van der Waals surface area (Å²) in [5, 5.41) is 11.8. The van der Waals surface area contributed by atoms with Crippen LogP contribution in [0.15, 0.2) is 36.4 Å². The number of halogens is 3. The van der Waals surface area contributed by atoms with E-state index < -0.39 is 34.9 Å². The zero-order chi connectivity index (χ0) is 19.6. The van der Waals surface area contributed by atoms with E-state index in [0.29, 0.717) is 18.6 Å². The lowest BCUT2D eigenvalue weighted by Gasteiger charge is -2.27. The summed E-state index contributed by atoms with van der Waals surface area (Å²) in [4.78, 5) is 23.5. The lowest BCUT2D eigenvalue weighted by atomic mass is 9.93. The maximum atomic E-state index is 13.4. The van der Waals surface area contributed by atoms with Crippen LogP contribution in [0.2, 0.25) is 0 Å². The Morgan fingerprint density at radius 2 is 1.70 bits per heavy atom. The van der Waals surface area contributed by atoms with E-state index in [-0.39, 0.29) is 24.2 Å². The molecule has 0 saturated carbocycles. The van der Waals surface area contributed by atoms with Gasteiger partial charge in [0.05, 0.1) is 18.6 Å². The van der Waals surface area contributed by atoms with Crippen molar-refractivity contribution in [3.63, 3.8) is 0 Å². The fourth-order valence-corrected chi connectivity index (χ4v) is 3.03. The molecular formula is C19H16F3NO4. The molecule has 0 aliphatic carbocycles. The molecule has 1 aliphatic heterocycles. The Hall–Kier alpha value is -2.87. The molecule has 2 aromatic rings. The molecule has 1 unspecified atom stereocenters. The Kier molecular flexibility index (Phi) is 5.18. The van der Waals surface area contributed by atoms with Crippen molar-refractivity contribution in [2.45, 2.75) is 18.4 Å². The third-order valence-electron chi connectivity index (χ3n) is 4.44. The van der Waals surface area contributed by atoms with E-state index in [2.05, 4.69) is 5.32 Å². The van der Waals surface area contributed by atoms with Gasteiger partial charge in [-0.15, -0.1) is 0 Å². The Bertz CT molecular complexity index is 854. The van der Waals surface area contributed by atoms with Crippen molar-refractivity contribution in [1.82, 2.24) is 5.32 Å². The molecule has 0 radical (unpaired) electrons. The van der Waals surface area contributed by atoms with E-state index in [4.69, 9.17) is 9.84 Å². The number of hydrogen-bond donors (Lipinski definition) is 2. The van der Waals surface area contributed by atoms with E-state index in [1.807, 2.05) is 0 Å². The standard InChI is InChI=1S/C19H16F3NO4/c20-14-7-13(8-15(21)17(14)22)11-1-3-12(4-2-11)18(26)23-19(9-16(24)25)5-6-27-10-19/h1-4,7-8H,5-6,9-10H2,(H,23,26)(H,24,25). The third-order valence-corrected chi connectivity index (χ3v) is 4.44. The van der Waals surface area contributed by atoms with E-state index in [1.165, 1.54) is 24.3 Å². The summed E-state index contributed by atoms with van der Waals surface area (Å²) in [5.41, 5.74) is -0.192. The van der Waals surface area contributed by atoms with Gasteiger partial charge in [-0.05, 0) is 41.8 Å². The van der Waals surface area contributed by atoms with Gasteiger partial charge in [-0.2, -0.15) is 0 Å². The summed E-state index contributed by atoms with van der Waals surface area (Å²) in [5.74, 6) is -5.68. The molecule has 1 aliphatic rings. The van der Waals surface area contributed by atoms with Crippen molar-refractivity contribution in [1.29, 1.82) is 0 Å². The van der Waals surface area contributed by atoms with E-state index in [0.717, 1.165) is 12.1 Å². The second kappa shape index (κ2) is 7.40. The lowest BCUT2D eigenvalue weighted by molar-refractivity contribution is -0.138. The second-order valence-electron chi connectivity index (χ2n) is 6.44. The molecule has 1 atom stereocenters. The molecule has 0 bridgehead atoms. The molecule has 2 aromatic carbocycles. The first-order valence-corrected chi connectivity index (χ1v) is 8.17. The molecule has 3 rings (SSSR count). The Morgan fingerprint density at radius 1 is 1.07 bits per heavy atom. The maximum Gasteiger partial charge on any atom is 0.305 e. The summed E-state index contributed by atoms with van der Waals surface area (Å²) in [6.45, 7) is 0.464. The Balaban J connectivity index is 1.79. The van der Waals surface area contributed by atoms with E-state index in [9.17, 15) is 22.8 Å². The van der Waals surface area contributed by atoms with Crippen LogP contribution in [0.5, 0.6) is 0 Å². The highest BCUT2D eigenvalue weighted by Crippen LogP contribution is 2.26. The second-order valence-corrected chi connectivity index (χ2v) is 6.44. The highest BCUT2D eigenvalue weighted by Gasteiger charge is 2.38. The largest absolute Gasteiger partial charge is 0.481 e. The maximum absolute atomic E-state index is 13.4. The molecular weight excluding hydrogens is 363 g/mol. The molecule has 8 heteroatoms. The SMILES string of the molecule is O=C(O)CC1(NC(=O)c2ccc(-c3cc(F)c(F)c(F)c3)cc2)CCOC1. The number of carboxylic acid groups (broad SMARTS) is 1. The van der Waals surface area contributed by atoms with Crippen LogP contribution in [0, 0.1) is 17.5 Å². The molecule has 1 heterocycles. The minimum Gasteiger partial charge on any atom is -0.481 e. The zero-order valence-electron chi connectivity index (χ0n) is 14.1. The van der Waals surface area contributed by atoms with Gasteiger partial charge in [-0.25, -0.2) is 13.2 Å². The molecule has 1 amide bonds. The monoisotopic (exact) mass is 379 g/mol. The van der Waals surface area contributed by atoms with Gasteiger partial charge in [0.2, 0.25) is 0 Å². The Morgan fingerprint density at radius 3 is 2.22 bits per heavy atom.